The van der Waals surface area contributed by atoms with Crippen LogP contribution in [-0.4, -0.2) is 33.7 Å². The van der Waals surface area contributed by atoms with E-state index in [2.05, 4.69) is 15.3 Å². The van der Waals surface area contributed by atoms with E-state index in [0.29, 0.717) is 24.1 Å². The normalized spacial score (nSPS) is 22.2. The van der Waals surface area contributed by atoms with E-state index in [1.807, 2.05) is 6.92 Å². The van der Waals surface area contributed by atoms with Crippen LogP contribution < -0.4 is 10.1 Å². The van der Waals surface area contributed by atoms with E-state index in [0.717, 1.165) is 19.3 Å². The lowest BCUT2D eigenvalue weighted by Crippen LogP contribution is -2.30. The SMILES string of the molecule is CCOc1cc(NC2CCCC2C(=O)O)nc(C)n1. The first kappa shape index (κ1) is 13.6. The molecule has 1 aliphatic rings. The van der Waals surface area contributed by atoms with Gasteiger partial charge >= 0.3 is 5.97 Å². The van der Waals surface area contributed by atoms with Gasteiger partial charge in [-0.15, -0.1) is 0 Å². The third-order valence-electron chi connectivity index (χ3n) is 3.27. The highest BCUT2D eigenvalue weighted by Crippen LogP contribution is 2.28. The molecule has 2 unspecified atom stereocenters. The maximum Gasteiger partial charge on any atom is 0.308 e. The molecule has 2 N–H and O–H groups in total. The lowest BCUT2D eigenvalue weighted by molar-refractivity contribution is -0.141. The molecule has 0 aliphatic heterocycles. The minimum Gasteiger partial charge on any atom is -0.481 e. The summed E-state index contributed by atoms with van der Waals surface area (Å²) in [6, 6.07) is 1.65. The predicted octanol–water partition coefficient (Wildman–Crippen LogP) is 1.85. The fourth-order valence-corrected chi connectivity index (χ4v) is 2.45. The second-order valence-corrected chi connectivity index (χ2v) is 4.70. The van der Waals surface area contributed by atoms with E-state index in [1.54, 1.807) is 13.0 Å². The number of nitrogens with zero attached hydrogens (tertiary/aromatic N) is 2. The molecule has 0 aromatic carbocycles. The summed E-state index contributed by atoms with van der Waals surface area (Å²) in [7, 11) is 0. The van der Waals surface area contributed by atoms with Crippen LogP contribution in [0.15, 0.2) is 6.07 Å². The summed E-state index contributed by atoms with van der Waals surface area (Å²) in [5.41, 5.74) is 0. The molecule has 1 aromatic rings. The molecule has 0 saturated heterocycles. The fraction of sp³-hybridized carbons (Fsp3) is 0.615. The quantitative estimate of drug-likeness (QED) is 0.845. The standard InChI is InChI=1S/C13H19N3O3/c1-3-19-12-7-11(14-8(2)15-12)16-10-6-4-5-9(10)13(17)18/h7,9-10H,3-6H2,1-2H3,(H,17,18)(H,14,15,16). The first-order valence-electron chi connectivity index (χ1n) is 6.58. The molecule has 0 radical (unpaired) electrons. The summed E-state index contributed by atoms with van der Waals surface area (Å²) in [5, 5.41) is 12.4. The van der Waals surface area contributed by atoms with Crippen molar-refractivity contribution in [3.8, 4) is 5.88 Å². The van der Waals surface area contributed by atoms with Gasteiger partial charge in [0.05, 0.1) is 12.5 Å². The third kappa shape index (κ3) is 3.33. The van der Waals surface area contributed by atoms with E-state index in [1.165, 1.54) is 0 Å². The first-order valence-corrected chi connectivity index (χ1v) is 6.58. The minimum absolute atomic E-state index is 0.0683. The van der Waals surface area contributed by atoms with Crippen LogP contribution in [-0.2, 0) is 4.79 Å². The van der Waals surface area contributed by atoms with Crippen LogP contribution in [0, 0.1) is 12.8 Å². The van der Waals surface area contributed by atoms with Crippen LogP contribution >= 0.6 is 0 Å². The van der Waals surface area contributed by atoms with Gasteiger partial charge in [0.15, 0.2) is 0 Å². The zero-order valence-corrected chi connectivity index (χ0v) is 11.2. The highest BCUT2D eigenvalue weighted by Gasteiger charge is 2.33. The van der Waals surface area contributed by atoms with E-state index in [4.69, 9.17) is 9.84 Å². The lowest BCUT2D eigenvalue weighted by Gasteiger charge is -2.18. The van der Waals surface area contributed by atoms with Crippen LogP contribution in [0.4, 0.5) is 5.82 Å². The summed E-state index contributed by atoms with van der Waals surface area (Å²) in [6.45, 7) is 4.22. The van der Waals surface area contributed by atoms with Gasteiger partial charge in [-0.25, -0.2) is 4.98 Å². The molecule has 1 fully saturated rings. The van der Waals surface area contributed by atoms with Crippen molar-refractivity contribution in [1.29, 1.82) is 0 Å². The average Bonchev–Trinajstić information content (AvgIpc) is 2.76. The molecule has 19 heavy (non-hydrogen) atoms. The van der Waals surface area contributed by atoms with Crippen LogP contribution in [0.25, 0.3) is 0 Å². The number of anilines is 1. The van der Waals surface area contributed by atoms with Crippen molar-refractivity contribution in [1.82, 2.24) is 9.97 Å². The first-order chi connectivity index (χ1) is 9.10. The summed E-state index contributed by atoms with van der Waals surface area (Å²) >= 11 is 0. The van der Waals surface area contributed by atoms with Gasteiger partial charge in [-0.1, -0.05) is 6.42 Å². The number of hydrogen-bond acceptors (Lipinski definition) is 5. The highest BCUT2D eigenvalue weighted by atomic mass is 16.5. The average molecular weight is 265 g/mol. The van der Waals surface area contributed by atoms with Gasteiger partial charge in [0.1, 0.15) is 11.6 Å². The Bertz CT molecular complexity index is 464. The zero-order valence-electron chi connectivity index (χ0n) is 11.2. The number of aliphatic carboxylic acids is 1. The Morgan fingerprint density at radius 2 is 2.32 bits per heavy atom. The number of carboxylic acid groups (broad SMARTS) is 1. The van der Waals surface area contributed by atoms with Crippen molar-refractivity contribution in [2.75, 3.05) is 11.9 Å². The number of rotatable bonds is 5. The molecule has 6 heteroatoms. The van der Waals surface area contributed by atoms with Crippen molar-refractivity contribution in [3.05, 3.63) is 11.9 Å². The summed E-state index contributed by atoms with van der Waals surface area (Å²) in [5.74, 6) is 0.673. The van der Waals surface area contributed by atoms with Gasteiger partial charge in [-0.05, 0) is 26.7 Å². The second kappa shape index (κ2) is 5.86. The van der Waals surface area contributed by atoms with Gasteiger partial charge < -0.3 is 15.2 Å². The Kier molecular flexibility index (Phi) is 4.19. The molecule has 1 aliphatic carbocycles. The van der Waals surface area contributed by atoms with Crippen molar-refractivity contribution >= 4 is 11.8 Å². The number of aromatic nitrogens is 2. The number of ether oxygens (including phenoxy) is 1. The zero-order chi connectivity index (χ0) is 13.8. The van der Waals surface area contributed by atoms with Gasteiger partial charge in [0, 0.05) is 12.1 Å². The molecular formula is C13H19N3O3. The molecule has 6 nitrogen and oxygen atoms in total. The maximum absolute atomic E-state index is 11.1. The molecule has 1 aromatic heterocycles. The number of carbonyl (C=O) groups is 1. The van der Waals surface area contributed by atoms with Crippen LogP contribution in [0.2, 0.25) is 0 Å². The van der Waals surface area contributed by atoms with Crippen molar-refractivity contribution in [3.63, 3.8) is 0 Å². The van der Waals surface area contributed by atoms with Crippen molar-refractivity contribution in [2.24, 2.45) is 5.92 Å². The molecule has 0 amide bonds. The minimum atomic E-state index is -0.745. The number of carboxylic acids is 1. The monoisotopic (exact) mass is 265 g/mol. The van der Waals surface area contributed by atoms with Crippen LogP contribution in [0.5, 0.6) is 5.88 Å². The van der Waals surface area contributed by atoms with Crippen LogP contribution in [0.1, 0.15) is 32.0 Å². The Hall–Kier alpha value is -1.85. The largest absolute Gasteiger partial charge is 0.481 e. The van der Waals surface area contributed by atoms with E-state index in [-0.39, 0.29) is 12.0 Å². The molecule has 0 spiro atoms. The Balaban J connectivity index is 2.12. The number of nitrogens with one attached hydrogen (secondary N) is 1. The van der Waals surface area contributed by atoms with Gasteiger partial charge in [-0.2, -0.15) is 4.98 Å². The molecule has 2 atom stereocenters. The van der Waals surface area contributed by atoms with Gasteiger partial charge in [-0.3, -0.25) is 4.79 Å². The van der Waals surface area contributed by atoms with E-state index < -0.39 is 5.97 Å². The van der Waals surface area contributed by atoms with Crippen molar-refractivity contribution < 1.29 is 14.6 Å². The molecule has 104 valence electrons. The molecule has 1 saturated carbocycles. The summed E-state index contributed by atoms with van der Waals surface area (Å²) in [4.78, 5) is 19.6. The molecule has 2 rings (SSSR count). The van der Waals surface area contributed by atoms with Gasteiger partial charge in [0.2, 0.25) is 5.88 Å². The third-order valence-corrected chi connectivity index (χ3v) is 3.27. The van der Waals surface area contributed by atoms with E-state index in [9.17, 15) is 4.79 Å². The van der Waals surface area contributed by atoms with Gasteiger partial charge in [0.25, 0.3) is 0 Å². The Labute approximate surface area is 112 Å². The van der Waals surface area contributed by atoms with E-state index >= 15 is 0 Å². The molecule has 1 heterocycles. The van der Waals surface area contributed by atoms with Crippen molar-refractivity contribution in [2.45, 2.75) is 39.2 Å². The lowest BCUT2D eigenvalue weighted by atomic mass is 10.0. The molecule has 0 bridgehead atoms. The predicted molar refractivity (Wildman–Crippen MR) is 70.3 cm³/mol. The topological polar surface area (TPSA) is 84.3 Å². The fourth-order valence-electron chi connectivity index (χ4n) is 2.45. The number of hydrogen-bond donors (Lipinski definition) is 2. The smallest absolute Gasteiger partial charge is 0.308 e. The maximum atomic E-state index is 11.1. The van der Waals surface area contributed by atoms with Crippen LogP contribution in [0.3, 0.4) is 0 Å². The Morgan fingerprint density at radius 1 is 1.53 bits per heavy atom. The Morgan fingerprint density at radius 3 is 3.00 bits per heavy atom. The number of aryl methyl sites for hydroxylation is 1. The second-order valence-electron chi connectivity index (χ2n) is 4.70. The molecular weight excluding hydrogens is 246 g/mol. The summed E-state index contributed by atoms with van der Waals surface area (Å²) in [6.07, 6.45) is 2.50. The highest BCUT2D eigenvalue weighted by molar-refractivity contribution is 5.72. The summed E-state index contributed by atoms with van der Waals surface area (Å²) < 4.78 is 5.36.